The van der Waals surface area contributed by atoms with Gasteiger partial charge in [-0.3, -0.25) is 0 Å². The minimum absolute atomic E-state index is 1.07. The predicted molar refractivity (Wildman–Crippen MR) is 77.8 cm³/mol. The number of hydrogen-bond acceptors (Lipinski definition) is 6. The second-order valence-corrected chi connectivity index (χ2v) is 11.2. The summed E-state index contributed by atoms with van der Waals surface area (Å²) in [6, 6.07) is 0. The highest BCUT2D eigenvalue weighted by atomic mass is 33.9. The molecule has 1 heterocycles. The average Bonchev–Trinajstić information content (AvgIpc) is 2.18. The van der Waals surface area contributed by atoms with Crippen molar-refractivity contribution in [3.8, 4) is 0 Å². The molecule has 0 N–H and O–H groups in total. The summed E-state index contributed by atoms with van der Waals surface area (Å²) in [5, 5.41) is 2.10. The molecule has 1 rings (SSSR count). The lowest BCUT2D eigenvalue weighted by Gasteiger charge is -1.94. The summed E-state index contributed by atoms with van der Waals surface area (Å²) in [6.07, 6.45) is 10.4. The Bertz CT molecular complexity index is 177. The summed E-state index contributed by atoms with van der Waals surface area (Å²) in [7, 11) is 10.9. The molecule has 0 aromatic heterocycles. The van der Waals surface area contributed by atoms with Gasteiger partial charge in [-0.25, -0.2) is 0 Å². The summed E-state index contributed by atoms with van der Waals surface area (Å²) in [5.74, 6) is 1.07. The molecule has 6 heteroatoms. The monoisotopic (exact) mass is 284 g/mol. The SMILES string of the molecule is C1=CC=CSSSSSSCC=C1. The highest BCUT2D eigenvalue weighted by Crippen LogP contribution is 2.52. The lowest BCUT2D eigenvalue weighted by Crippen LogP contribution is -1.60. The second kappa shape index (κ2) is 9.86. The van der Waals surface area contributed by atoms with E-state index in [2.05, 4.69) is 35.8 Å². The maximum atomic E-state index is 2.17. The zero-order valence-corrected chi connectivity index (χ0v) is 11.5. The molecule has 0 bridgehead atoms. The van der Waals surface area contributed by atoms with Gasteiger partial charge in [0.15, 0.2) is 0 Å². The van der Waals surface area contributed by atoms with Crippen LogP contribution in [0.5, 0.6) is 0 Å². The first-order chi connectivity index (χ1) is 6.50. The van der Waals surface area contributed by atoms with Gasteiger partial charge in [0.05, 0.1) is 0 Å². The fraction of sp³-hybridized carbons (Fsp3) is 0.143. The van der Waals surface area contributed by atoms with E-state index in [4.69, 9.17) is 0 Å². The van der Waals surface area contributed by atoms with E-state index < -0.39 is 0 Å². The minimum atomic E-state index is 1.07. The minimum Gasteiger partial charge on any atom is -0.0775 e. The van der Waals surface area contributed by atoms with Crippen molar-refractivity contribution >= 4 is 60.9 Å². The summed E-state index contributed by atoms with van der Waals surface area (Å²) in [6.45, 7) is 0. The molecule has 0 aromatic rings. The highest BCUT2D eigenvalue weighted by Gasteiger charge is 1.91. The molecule has 0 nitrogen and oxygen atoms in total. The molecule has 72 valence electrons. The topological polar surface area (TPSA) is 0 Å². The lowest BCUT2D eigenvalue weighted by atomic mass is 10.4. The average molecular weight is 285 g/mol. The number of hydrogen-bond donors (Lipinski definition) is 0. The van der Waals surface area contributed by atoms with E-state index in [1.807, 2.05) is 40.3 Å². The van der Waals surface area contributed by atoms with Crippen molar-refractivity contribution in [3.63, 3.8) is 0 Å². The molecular formula is C7H8S6. The van der Waals surface area contributed by atoms with E-state index in [0.717, 1.165) is 5.75 Å². The van der Waals surface area contributed by atoms with Gasteiger partial charge in [0.1, 0.15) is 0 Å². The Morgan fingerprint density at radius 3 is 2.62 bits per heavy atom. The maximum Gasteiger partial charge on any atom is 0.0229 e. The molecule has 0 unspecified atom stereocenters. The molecule has 0 radical (unpaired) electrons. The smallest absolute Gasteiger partial charge is 0.0229 e. The van der Waals surface area contributed by atoms with Crippen LogP contribution >= 0.6 is 60.9 Å². The molecule has 0 saturated heterocycles. The molecule has 0 fully saturated rings. The molecule has 0 aliphatic carbocycles. The van der Waals surface area contributed by atoms with Crippen LogP contribution in [-0.2, 0) is 0 Å². The van der Waals surface area contributed by atoms with Gasteiger partial charge in [0, 0.05) is 5.75 Å². The van der Waals surface area contributed by atoms with Crippen molar-refractivity contribution in [2.45, 2.75) is 0 Å². The van der Waals surface area contributed by atoms with Gasteiger partial charge < -0.3 is 0 Å². The Labute approximate surface area is 102 Å². The summed E-state index contributed by atoms with van der Waals surface area (Å²) in [4.78, 5) is 0. The van der Waals surface area contributed by atoms with E-state index in [9.17, 15) is 0 Å². The molecule has 0 atom stereocenters. The summed E-state index contributed by atoms with van der Waals surface area (Å²) >= 11 is 0. The van der Waals surface area contributed by atoms with Gasteiger partial charge in [-0.15, -0.1) is 0 Å². The molecular weight excluding hydrogens is 276 g/mol. The Balaban J connectivity index is 2.29. The van der Waals surface area contributed by atoms with Crippen molar-refractivity contribution < 1.29 is 0 Å². The first-order valence-corrected chi connectivity index (χ1v) is 11.1. The van der Waals surface area contributed by atoms with Crippen molar-refractivity contribution in [1.29, 1.82) is 0 Å². The number of allylic oxidation sites excluding steroid dienone is 4. The van der Waals surface area contributed by atoms with Crippen LogP contribution in [0.3, 0.4) is 0 Å². The lowest BCUT2D eigenvalue weighted by molar-refractivity contribution is 1.76. The van der Waals surface area contributed by atoms with Gasteiger partial charge >= 0.3 is 0 Å². The second-order valence-electron chi connectivity index (χ2n) is 1.79. The van der Waals surface area contributed by atoms with Gasteiger partial charge in [-0.1, -0.05) is 52.0 Å². The standard InChI is InChI=1S/C7H8S6/c1-2-4-6-8-10-12-13-11-9-7-5-3-1/h1-6H,7H2. The molecule has 1 aliphatic rings. The number of rotatable bonds is 0. The normalized spacial score (nSPS) is 20.3. The molecule has 0 saturated carbocycles. The highest BCUT2D eigenvalue weighted by molar-refractivity contribution is 9.42. The van der Waals surface area contributed by atoms with Crippen LogP contribution in [-0.4, -0.2) is 5.75 Å². The van der Waals surface area contributed by atoms with E-state index in [0.29, 0.717) is 0 Å². The zero-order chi connectivity index (χ0) is 9.19. The molecule has 0 aromatic carbocycles. The summed E-state index contributed by atoms with van der Waals surface area (Å²) < 4.78 is 0. The predicted octanol–water partition coefficient (Wildman–Crippen LogP) is 5.60. The molecule has 1 aliphatic heterocycles. The first-order valence-electron chi connectivity index (χ1n) is 3.43. The van der Waals surface area contributed by atoms with Gasteiger partial charge in [-0.05, 0) is 44.7 Å². The Kier molecular flexibility index (Phi) is 9.40. The zero-order valence-electron chi connectivity index (χ0n) is 6.62. The Morgan fingerprint density at radius 1 is 0.769 bits per heavy atom. The van der Waals surface area contributed by atoms with E-state index >= 15 is 0 Å². The largest absolute Gasteiger partial charge is 0.0775 e. The Morgan fingerprint density at radius 2 is 1.62 bits per heavy atom. The third kappa shape index (κ3) is 8.32. The van der Waals surface area contributed by atoms with Gasteiger partial charge in [0.2, 0.25) is 0 Å². The van der Waals surface area contributed by atoms with Gasteiger partial charge in [0.25, 0.3) is 0 Å². The third-order valence-electron chi connectivity index (χ3n) is 0.939. The van der Waals surface area contributed by atoms with Gasteiger partial charge in [-0.2, -0.15) is 0 Å². The van der Waals surface area contributed by atoms with Crippen molar-refractivity contribution in [2.75, 3.05) is 5.75 Å². The third-order valence-corrected chi connectivity index (χ3v) is 11.2. The molecule has 0 spiro atoms. The quantitative estimate of drug-likeness (QED) is 0.527. The van der Waals surface area contributed by atoms with Crippen LogP contribution in [0.15, 0.2) is 35.8 Å². The van der Waals surface area contributed by atoms with Crippen LogP contribution in [0.25, 0.3) is 0 Å². The van der Waals surface area contributed by atoms with E-state index in [1.54, 1.807) is 20.6 Å². The van der Waals surface area contributed by atoms with Crippen LogP contribution in [0.4, 0.5) is 0 Å². The fourth-order valence-electron chi connectivity index (χ4n) is 0.488. The van der Waals surface area contributed by atoms with E-state index in [-0.39, 0.29) is 0 Å². The first kappa shape index (κ1) is 12.4. The fourth-order valence-corrected chi connectivity index (χ4v) is 10.9. The molecule has 0 amide bonds. The van der Waals surface area contributed by atoms with Crippen LogP contribution in [0.1, 0.15) is 0 Å². The van der Waals surface area contributed by atoms with Crippen molar-refractivity contribution in [3.05, 3.63) is 35.8 Å². The molecule has 13 heavy (non-hydrogen) atoms. The Hall–Kier alpha value is 1.32. The van der Waals surface area contributed by atoms with E-state index in [1.165, 1.54) is 0 Å². The van der Waals surface area contributed by atoms with Crippen LogP contribution in [0.2, 0.25) is 0 Å². The van der Waals surface area contributed by atoms with Crippen molar-refractivity contribution in [1.82, 2.24) is 0 Å². The van der Waals surface area contributed by atoms with Crippen LogP contribution in [0, 0.1) is 0 Å². The summed E-state index contributed by atoms with van der Waals surface area (Å²) in [5.41, 5.74) is 0. The van der Waals surface area contributed by atoms with Crippen LogP contribution < -0.4 is 0 Å². The van der Waals surface area contributed by atoms with Crippen molar-refractivity contribution in [2.24, 2.45) is 0 Å². The maximum absolute atomic E-state index is 2.17.